The first-order valence-electron chi connectivity index (χ1n) is 6.89. The Labute approximate surface area is 125 Å². The average Bonchev–Trinajstić information content (AvgIpc) is 2.45. The van der Waals surface area contributed by atoms with Gasteiger partial charge in [0.25, 0.3) is 0 Å². The molecule has 4 nitrogen and oxygen atoms in total. The van der Waals surface area contributed by atoms with Crippen molar-refractivity contribution < 1.29 is 4.79 Å². The lowest BCUT2D eigenvalue weighted by Crippen LogP contribution is -2.22. The Kier molecular flexibility index (Phi) is 4.17. The molecule has 4 heteroatoms. The number of aryl methyl sites for hydroxylation is 1. The summed E-state index contributed by atoms with van der Waals surface area (Å²) in [7, 11) is 2.02. The lowest BCUT2D eigenvalue weighted by atomic mass is 10.0. The molecule has 4 N–H and O–H groups in total. The van der Waals surface area contributed by atoms with E-state index in [4.69, 9.17) is 11.5 Å². The molecule has 0 spiro atoms. The van der Waals surface area contributed by atoms with E-state index in [1.165, 1.54) is 0 Å². The molecule has 1 amide bonds. The number of primary amides is 1. The largest absolute Gasteiger partial charge is 0.399 e. The van der Waals surface area contributed by atoms with E-state index in [1.807, 2.05) is 44.3 Å². The van der Waals surface area contributed by atoms with Crippen LogP contribution in [0.15, 0.2) is 42.5 Å². The van der Waals surface area contributed by atoms with Crippen molar-refractivity contribution in [3.05, 3.63) is 59.2 Å². The molecule has 110 valence electrons. The summed E-state index contributed by atoms with van der Waals surface area (Å²) >= 11 is 0. The van der Waals surface area contributed by atoms with E-state index in [9.17, 15) is 4.79 Å². The van der Waals surface area contributed by atoms with Crippen molar-refractivity contribution in [1.82, 2.24) is 0 Å². The molecule has 1 unspecified atom stereocenters. The summed E-state index contributed by atoms with van der Waals surface area (Å²) in [6, 6.07) is 13.7. The van der Waals surface area contributed by atoms with Crippen LogP contribution >= 0.6 is 0 Å². The molecule has 0 bridgehead atoms. The van der Waals surface area contributed by atoms with Gasteiger partial charge in [0, 0.05) is 24.0 Å². The standard InChI is InChI=1S/C17H21N3O/c1-11-9-15(7-8-16(11)17(19)21)20(3)12(2)13-5-4-6-14(18)10-13/h4-10,12H,18H2,1-3H3,(H2,19,21). The number of hydrogen-bond acceptors (Lipinski definition) is 3. The molecule has 0 saturated carbocycles. The Balaban J connectivity index is 2.29. The second-order valence-corrected chi connectivity index (χ2v) is 5.32. The molecule has 1 atom stereocenters. The molecule has 0 aliphatic carbocycles. The number of benzene rings is 2. The number of nitrogen functional groups attached to an aromatic ring is 1. The second-order valence-electron chi connectivity index (χ2n) is 5.32. The van der Waals surface area contributed by atoms with Gasteiger partial charge in [0.1, 0.15) is 0 Å². The molecule has 0 fully saturated rings. The zero-order chi connectivity index (χ0) is 15.6. The van der Waals surface area contributed by atoms with Gasteiger partial charge < -0.3 is 16.4 Å². The predicted molar refractivity (Wildman–Crippen MR) is 87.4 cm³/mol. The van der Waals surface area contributed by atoms with E-state index in [2.05, 4.69) is 17.9 Å². The van der Waals surface area contributed by atoms with E-state index in [1.54, 1.807) is 6.07 Å². The zero-order valence-corrected chi connectivity index (χ0v) is 12.6. The summed E-state index contributed by atoms with van der Waals surface area (Å²) < 4.78 is 0. The van der Waals surface area contributed by atoms with Crippen molar-refractivity contribution in [2.24, 2.45) is 5.73 Å². The van der Waals surface area contributed by atoms with E-state index in [0.29, 0.717) is 5.56 Å². The SMILES string of the molecule is Cc1cc(N(C)C(C)c2cccc(N)c2)ccc1C(N)=O. The Morgan fingerprint density at radius 1 is 1.19 bits per heavy atom. The van der Waals surface area contributed by atoms with E-state index in [-0.39, 0.29) is 6.04 Å². The maximum Gasteiger partial charge on any atom is 0.248 e. The fourth-order valence-electron chi connectivity index (χ4n) is 2.41. The molecular formula is C17H21N3O. The average molecular weight is 283 g/mol. The number of nitrogens with two attached hydrogens (primary N) is 2. The van der Waals surface area contributed by atoms with Gasteiger partial charge in [0.05, 0.1) is 6.04 Å². The van der Waals surface area contributed by atoms with E-state index >= 15 is 0 Å². The molecule has 21 heavy (non-hydrogen) atoms. The summed E-state index contributed by atoms with van der Waals surface area (Å²) in [5.74, 6) is -0.398. The lowest BCUT2D eigenvalue weighted by molar-refractivity contribution is 0.0999. The fraction of sp³-hybridized carbons (Fsp3) is 0.235. The summed E-state index contributed by atoms with van der Waals surface area (Å²) in [6.45, 7) is 4.01. The summed E-state index contributed by atoms with van der Waals surface area (Å²) in [5.41, 5.74) is 15.6. The van der Waals surface area contributed by atoms with Crippen LogP contribution in [0.25, 0.3) is 0 Å². The summed E-state index contributed by atoms with van der Waals surface area (Å²) in [4.78, 5) is 13.4. The van der Waals surface area contributed by atoms with Gasteiger partial charge in [-0.05, 0) is 55.3 Å². The van der Waals surface area contributed by atoms with Gasteiger partial charge in [-0.3, -0.25) is 4.79 Å². The van der Waals surface area contributed by atoms with Crippen molar-refractivity contribution >= 4 is 17.3 Å². The Hall–Kier alpha value is -2.49. The van der Waals surface area contributed by atoms with Gasteiger partial charge in [0.15, 0.2) is 0 Å². The minimum Gasteiger partial charge on any atom is -0.399 e. The maximum atomic E-state index is 11.3. The van der Waals surface area contributed by atoms with Crippen LogP contribution in [0.4, 0.5) is 11.4 Å². The lowest BCUT2D eigenvalue weighted by Gasteiger charge is -2.28. The first-order valence-corrected chi connectivity index (χ1v) is 6.89. The highest BCUT2D eigenvalue weighted by Gasteiger charge is 2.14. The van der Waals surface area contributed by atoms with Crippen LogP contribution in [0.2, 0.25) is 0 Å². The third-order valence-electron chi connectivity index (χ3n) is 3.86. The number of hydrogen-bond donors (Lipinski definition) is 2. The Morgan fingerprint density at radius 3 is 2.48 bits per heavy atom. The summed E-state index contributed by atoms with van der Waals surface area (Å²) in [5, 5.41) is 0. The van der Waals surface area contributed by atoms with Gasteiger partial charge in [0.2, 0.25) is 5.91 Å². The van der Waals surface area contributed by atoms with Crippen molar-refractivity contribution in [3.63, 3.8) is 0 Å². The molecule has 0 radical (unpaired) electrons. The monoisotopic (exact) mass is 283 g/mol. The number of carbonyl (C=O) groups is 1. The highest BCUT2D eigenvalue weighted by molar-refractivity contribution is 5.94. The van der Waals surface area contributed by atoms with Crippen molar-refractivity contribution in [2.75, 3.05) is 17.7 Å². The van der Waals surface area contributed by atoms with Gasteiger partial charge >= 0.3 is 0 Å². The normalized spacial score (nSPS) is 12.0. The summed E-state index contributed by atoms with van der Waals surface area (Å²) in [6.07, 6.45) is 0. The number of amides is 1. The topological polar surface area (TPSA) is 72.3 Å². The fourth-order valence-corrected chi connectivity index (χ4v) is 2.41. The van der Waals surface area contributed by atoms with Crippen LogP contribution < -0.4 is 16.4 Å². The van der Waals surface area contributed by atoms with Crippen LogP contribution in [0.1, 0.15) is 34.5 Å². The maximum absolute atomic E-state index is 11.3. The minimum atomic E-state index is -0.398. The molecule has 0 aromatic heterocycles. The van der Waals surface area contributed by atoms with Crippen LogP contribution in [0, 0.1) is 6.92 Å². The Bertz CT molecular complexity index is 667. The highest BCUT2D eigenvalue weighted by atomic mass is 16.1. The second kappa shape index (κ2) is 5.87. The highest BCUT2D eigenvalue weighted by Crippen LogP contribution is 2.27. The molecular weight excluding hydrogens is 262 g/mol. The van der Waals surface area contributed by atoms with Gasteiger partial charge in [-0.2, -0.15) is 0 Å². The molecule has 0 aliphatic rings. The van der Waals surface area contributed by atoms with Crippen LogP contribution in [0.5, 0.6) is 0 Å². The molecule has 2 aromatic rings. The van der Waals surface area contributed by atoms with Crippen molar-refractivity contribution in [1.29, 1.82) is 0 Å². The zero-order valence-electron chi connectivity index (χ0n) is 12.6. The van der Waals surface area contributed by atoms with Crippen LogP contribution in [-0.2, 0) is 0 Å². The molecule has 0 heterocycles. The predicted octanol–water partition coefficient (Wildman–Crippen LogP) is 2.87. The number of carbonyl (C=O) groups excluding carboxylic acids is 1. The molecule has 0 aliphatic heterocycles. The van der Waals surface area contributed by atoms with Gasteiger partial charge in [-0.15, -0.1) is 0 Å². The van der Waals surface area contributed by atoms with Gasteiger partial charge in [-0.1, -0.05) is 12.1 Å². The third kappa shape index (κ3) is 3.16. The first-order chi connectivity index (χ1) is 9.90. The first kappa shape index (κ1) is 14.9. The third-order valence-corrected chi connectivity index (χ3v) is 3.86. The number of anilines is 2. The number of nitrogens with zero attached hydrogens (tertiary/aromatic N) is 1. The van der Waals surface area contributed by atoms with Crippen molar-refractivity contribution in [3.8, 4) is 0 Å². The molecule has 2 rings (SSSR count). The van der Waals surface area contributed by atoms with E-state index < -0.39 is 5.91 Å². The van der Waals surface area contributed by atoms with Crippen LogP contribution in [-0.4, -0.2) is 13.0 Å². The van der Waals surface area contributed by atoms with Gasteiger partial charge in [-0.25, -0.2) is 0 Å². The van der Waals surface area contributed by atoms with Crippen molar-refractivity contribution in [2.45, 2.75) is 19.9 Å². The minimum absolute atomic E-state index is 0.173. The van der Waals surface area contributed by atoms with E-state index in [0.717, 1.165) is 22.5 Å². The van der Waals surface area contributed by atoms with Crippen LogP contribution in [0.3, 0.4) is 0 Å². The number of rotatable bonds is 4. The quantitative estimate of drug-likeness (QED) is 0.847. The molecule has 2 aromatic carbocycles. The molecule has 0 saturated heterocycles. The smallest absolute Gasteiger partial charge is 0.248 e. The Morgan fingerprint density at radius 2 is 1.90 bits per heavy atom.